The van der Waals surface area contributed by atoms with Gasteiger partial charge in [0.05, 0.1) is 13.0 Å². The molecule has 0 radical (unpaired) electrons. The number of ether oxygens (including phenoxy) is 2. The van der Waals surface area contributed by atoms with Gasteiger partial charge in [0, 0.05) is 23.7 Å². The van der Waals surface area contributed by atoms with Crippen molar-refractivity contribution in [2.24, 2.45) is 5.92 Å². The number of furan rings is 1. The van der Waals surface area contributed by atoms with Gasteiger partial charge < -0.3 is 18.8 Å². The van der Waals surface area contributed by atoms with Crippen molar-refractivity contribution >= 4 is 29.4 Å². The second-order valence-electron chi connectivity index (χ2n) is 6.86. The maximum Gasteiger partial charge on any atom is 0.341 e. The van der Waals surface area contributed by atoms with Crippen LogP contribution >= 0.6 is 11.6 Å². The second kappa shape index (κ2) is 9.13. The van der Waals surface area contributed by atoms with E-state index in [1.54, 1.807) is 36.1 Å². The van der Waals surface area contributed by atoms with Gasteiger partial charge in [0.2, 0.25) is 0 Å². The van der Waals surface area contributed by atoms with E-state index in [-0.39, 0.29) is 24.4 Å². The summed E-state index contributed by atoms with van der Waals surface area (Å²) in [6, 6.07) is 8.27. The van der Waals surface area contributed by atoms with Crippen molar-refractivity contribution < 1.29 is 28.3 Å². The van der Waals surface area contributed by atoms with Gasteiger partial charge in [-0.3, -0.25) is 9.59 Å². The Morgan fingerprint density at radius 1 is 1.17 bits per heavy atom. The van der Waals surface area contributed by atoms with Gasteiger partial charge in [-0.15, -0.1) is 0 Å². The summed E-state index contributed by atoms with van der Waals surface area (Å²) in [5.74, 6) is -0.391. The zero-order valence-electron chi connectivity index (χ0n) is 16.3. The Morgan fingerprint density at radius 3 is 2.45 bits per heavy atom. The molecular weight excluding hydrogens is 398 g/mol. The molecule has 0 bridgehead atoms. The van der Waals surface area contributed by atoms with Crippen LogP contribution in [0.1, 0.15) is 45.1 Å². The van der Waals surface area contributed by atoms with Crippen LogP contribution in [0, 0.1) is 12.8 Å². The van der Waals surface area contributed by atoms with Crippen LogP contribution in [0.15, 0.2) is 34.7 Å². The number of methoxy groups -OCH3 is 1. The lowest BCUT2D eigenvalue weighted by Gasteiger charge is -2.31. The number of benzene rings is 1. The lowest BCUT2D eigenvalue weighted by molar-refractivity contribution is -0.151. The summed E-state index contributed by atoms with van der Waals surface area (Å²) < 4.78 is 15.5. The number of esters is 2. The Morgan fingerprint density at radius 2 is 1.83 bits per heavy atom. The SMILES string of the molecule is COC(=O)c1cc(COC(=O)C2CCN(C(=O)c3ccc(Cl)cc3)CC2)oc1C. The molecule has 3 rings (SSSR count). The number of amides is 1. The number of carbonyl (C=O) groups excluding carboxylic acids is 3. The second-order valence-corrected chi connectivity index (χ2v) is 7.29. The van der Waals surface area contributed by atoms with Crippen LogP contribution in [0.5, 0.6) is 0 Å². The van der Waals surface area contributed by atoms with E-state index in [1.165, 1.54) is 13.2 Å². The van der Waals surface area contributed by atoms with Gasteiger partial charge >= 0.3 is 11.9 Å². The molecule has 1 saturated heterocycles. The predicted molar refractivity (Wildman–Crippen MR) is 105 cm³/mol. The van der Waals surface area contributed by atoms with Crippen LogP contribution in [0.25, 0.3) is 0 Å². The maximum atomic E-state index is 12.5. The minimum atomic E-state index is -0.499. The number of rotatable bonds is 5. The van der Waals surface area contributed by atoms with Crippen molar-refractivity contribution in [2.75, 3.05) is 20.2 Å². The lowest BCUT2D eigenvalue weighted by Crippen LogP contribution is -2.40. The third kappa shape index (κ3) is 4.98. The average molecular weight is 420 g/mol. The molecule has 8 heteroatoms. The Hall–Kier alpha value is -2.80. The van der Waals surface area contributed by atoms with Crippen LogP contribution in [-0.4, -0.2) is 42.9 Å². The molecule has 2 aromatic rings. The molecule has 154 valence electrons. The fourth-order valence-corrected chi connectivity index (χ4v) is 3.41. The molecule has 7 nitrogen and oxygen atoms in total. The Kier molecular flexibility index (Phi) is 6.59. The van der Waals surface area contributed by atoms with E-state index >= 15 is 0 Å². The molecule has 0 atom stereocenters. The van der Waals surface area contributed by atoms with Gasteiger partial charge in [-0.2, -0.15) is 0 Å². The number of carbonyl (C=O) groups is 3. The number of likely N-dealkylation sites (tertiary alicyclic amines) is 1. The number of hydrogen-bond donors (Lipinski definition) is 0. The standard InChI is InChI=1S/C21H22ClNO6/c1-13-18(21(26)27-2)11-17(29-13)12-28-20(25)15-7-9-23(10-8-15)19(24)14-3-5-16(22)6-4-14/h3-6,11,15H,7-10,12H2,1-2H3. The van der Waals surface area contributed by atoms with Crippen molar-refractivity contribution in [3.8, 4) is 0 Å². The number of halogens is 1. The molecule has 0 unspecified atom stereocenters. The van der Waals surface area contributed by atoms with Gasteiger partial charge in [-0.25, -0.2) is 4.79 Å². The number of piperidine rings is 1. The summed E-state index contributed by atoms with van der Waals surface area (Å²) >= 11 is 5.86. The molecule has 2 heterocycles. The summed E-state index contributed by atoms with van der Waals surface area (Å²) in [6.07, 6.45) is 1.06. The van der Waals surface area contributed by atoms with Crippen molar-refractivity contribution in [1.82, 2.24) is 4.90 Å². The summed E-state index contributed by atoms with van der Waals surface area (Å²) in [6.45, 7) is 2.55. The molecule has 0 spiro atoms. The topological polar surface area (TPSA) is 86.0 Å². The molecule has 29 heavy (non-hydrogen) atoms. The molecule has 1 amide bonds. The largest absolute Gasteiger partial charge is 0.465 e. The highest BCUT2D eigenvalue weighted by atomic mass is 35.5. The minimum Gasteiger partial charge on any atom is -0.465 e. The first-order chi connectivity index (χ1) is 13.9. The Balaban J connectivity index is 1.49. The summed E-state index contributed by atoms with van der Waals surface area (Å²) in [5, 5.41) is 0.577. The summed E-state index contributed by atoms with van der Waals surface area (Å²) in [7, 11) is 1.29. The fraction of sp³-hybridized carbons (Fsp3) is 0.381. The highest BCUT2D eigenvalue weighted by Gasteiger charge is 2.29. The first kappa shape index (κ1) is 20.9. The van der Waals surface area contributed by atoms with Crippen LogP contribution < -0.4 is 0 Å². The Bertz CT molecular complexity index is 896. The van der Waals surface area contributed by atoms with E-state index in [2.05, 4.69) is 4.74 Å². The molecule has 1 fully saturated rings. The van der Waals surface area contributed by atoms with E-state index in [9.17, 15) is 14.4 Å². The number of hydrogen-bond acceptors (Lipinski definition) is 6. The smallest absolute Gasteiger partial charge is 0.341 e. The van der Waals surface area contributed by atoms with E-state index in [0.717, 1.165) is 0 Å². The minimum absolute atomic E-state index is 0.0550. The van der Waals surface area contributed by atoms with Crippen molar-refractivity contribution in [3.05, 3.63) is 58.0 Å². The molecule has 0 aliphatic carbocycles. The molecule has 1 aromatic carbocycles. The molecule has 1 aliphatic rings. The molecule has 1 aromatic heterocycles. The third-order valence-electron chi connectivity index (χ3n) is 4.94. The van der Waals surface area contributed by atoms with Crippen molar-refractivity contribution in [2.45, 2.75) is 26.4 Å². The van der Waals surface area contributed by atoms with Gasteiger partial charge in [-0.1, -0.05) is 11.6 Å². The Labute approximate surface area is 173 Å². The normalized spacial score (nSPS) is 14.5. The average Bonchev–Trinajstić information content (AvgIpc) is 3.12. The number of aryl methyl sites for hydroxylation is 1. The third-order valence-corrected chi connectivity index (χ3v) is 5.19. The predicted octanol–water partition coefficient (Wildman–Crippen LogP) is 3.62. The highest BCUT2D eigenvalue weighted by molar-refractivity contribution is 6.30. The van der Waals surface area contributed by atoms with E-state index in [4.69, 9.17) is 20.8 Å². The highest BCUT2D eigenvalue weighted by Crippen LogP contribution is 2.22. The quantitative estimate of drug-likeness (QED) is 0.688. The first-order valence-electron chi connectivity index (χ1n) is 9.28. The van der Waals surface area contributed by atoms with Gasteiger partial charge in [-0.05, 0) is 50.1 Å². The zero-order chi connectivity index (χ0) is 21.0. The summed E-state index contributed by atoms with van der Waals surface area (Å²) in [5.41, 5.74) is 0.887. The van der Waals surface area contributed by atoms with Gasteiger partial charge in [0.25, 0.3) is 5.91 Å². The van der Waals surface area contributed by atoms with E-state index in [1.807, 2.05) is 0 Å². The number of nitrogens with zero attached hydrogens (tertiary/aromatic N) is 1. The van der Waals surface area contributed by atoms with Crippen molar-refractivity contribution in [1.29, 1.82) is 0 Å². The van der Waals surface area contributed by atoms with Gasteiger partial charge in [0.15, 0.2) is 0 Å². The molecule has 1 aliphatic heterocycles. The van der Waals surface area contributed by atoms with Crippen molar-refractivity contribution in [3.63, 3.8) is 0 Å². The van der Waals surface area contributed by atoms with Crippen LogP contribution in [0.4, 0.5) is 0 Å². The fourth-order valence-electron chi connectivity index (χ4n) is 3.28. The van der Waals surface area contributed by atoms with E-state index < -0.39 is 5.97 Å². The lowest BCUT2D eigenvalue weighted by atomic mass is 9.96. The van der Waals surface area contributed by atoms with E-state index in [0.29, 0.717) is 53.6 Å². The molecular formula is C21H22ClNO6. The van der Waals surface area contributed by atoms with Gasteiger partial charge in [0.1, 0.15) is 23.7 Å². The summed E-state index contributed by atoms with van der Waals surface area (Å²) in [4.78, 5) is 38.2. The van der Waals surface area contributed by atoms with Crippen LogP contribution in [0.3, 0.4) is 0 Å². The van der Waals surface area contributed by atoms with Crippen LogP contribution in [-0.2, 0) is 20.9 Å². The van der Waals surface area contributed by atoms with Crippen LogP contribution in [0.2, 0.25) is 5.02 Å². The molecule has 0 saturated carbocycles. The zero-order valence-corrected chi connectivity index (χ0v) is 17.0. The maximum absolute atomic E-state index is 12.5. The first-order valence-corrected chi connectivity index (χ1v) is 9.66. The monoisotopic (exact) mass is 419 g/mol. The molecule has 0 N–H and O–H groups in total.